The molecule has 0 nitrogen and oxygen atoms in total. The van der Waals surface area contributed by atoms with Gasteiger partial charge in [-0.05, 0) is 0 Å². The van der Waals surface area contributed by atoms with E-state index in [0.717, 1.165) is 0 Å². The van der Waals surface area contributed by atoms with Crippen LogP contribution in [0.3, 0.4) is 0 Å². The van der Waals surface area contributed by atoms with Crippen molar-refractivity contribution >= 4 is 53.4 Å². The molecule has 0 spiro atoms. The standard InChI is InChI=1S/C6H5Br3Te/c7-10(8,9)6-4-2-1-3-5-6/h1-5H. The summed E-state index contributed by atoms with van der Waals surface area (Å²) < 4.78 is 1.34. The Bertz CT molecular complexity index is 204. The molecular weight excluding hydrogens is 439 g/mol. The van der Waals surface area contributed by atoms with E-state index in [1.54, 1.807) is 0 Å². The van der Waals surface area contributed by atoms with Crippen molar-refractivity contribution < 1.29 is 0 Å². The van der Waals surface area contributed by atoms with Crippen LogP contribution >= 0.6 is 38.3 Å². The van der Waals surface area contributed by atoms with Gasteiger partial charge in [-0.15, -0.1) is 0 Å². The molecule has 0 bridgehead atoms. The zero-order valence-corrected chi connectivity index (χ0v) is 12.0. The second-order valence-electron chi connectivity index (χ2n) is 1.72. The van der Waals surface area contributed by atoms with E-state index in [1.165, 1.54) is 3.61 Å². The quantitative estimate of drug-likeness (QED) is 0.585. The van der Waals surface area contributed by atoms with Crippen LogP contribution in [0.15, 0.2) is 30.3 Å². The first-order valence-corrected chi connectivity index (χ1v) is 19.4. The second kappa shape index (κ2) is 3.91. The first-order valence-electron chi connectivity index (χ1n) is 2.58. The van der Waals surface area contributed by atoms with Crippen molar-refractivity contribution in [3.8, 4) is 0 Å². The van der Waals surface area contributed by atoms with Crippen LogP contribution in [0.1, 0.15) is 0 Å². The normalized spacial score (nSPS) is 13.1. The molecule has 10 heavy (non-hydrogen) atoms. The van der Waals surface area contributed by atoms with E-state index in [2.05, 4.69) is 50.4 Å². The number of rotatable bonds is 1. The van der Waals surface area contributed by atoms with Crippen molar-refractivity contribution in [1.82, 2.24) is 0 Å². The van der Waals surface area contributed by atoms with Crippen LogP contribution in [0.4, 0.5) is 0 Å². The van der Waals surface area contributed by atoms with Gasteiger partial charge in [-0.2, -0.15) is 0 Å². The van der Waals surface area contributed by atoms with Gasteiger partial charge in [-0.1, -0.05) is 0 Å². The average Bonchev–Trinajstić information content (AvgIpc) is 1.88. The Labute approximate surface area is 82.6 Å². The minimum absolute atomic E-state index is 1.34. The Hall–Kier alpha value is 1.45. The van der Waals surface area contributed by atoms with E-state index < -0.39 is 11.6 Å². The van der Waals surface area contributed by atoms with Crippen molar-refractivity contribution in [3.63, 3.8) is 0 Å². The summed E-state index contributed by atoms with van der Waals surface area (Å²) in [6, 6.07) is 10.3. The van der Waals surface area contributed by atoms with Gasteiger partial charge in [0.15, 0.2) is 0 Å². The molecule has 4 heteroatoms. The molecule has 1 rings (SSSR count). The summed E-state index contributed by atoms with van der Waals surface area (Å²) in [5, 5.41) is 0. The molecule has 0 aliphatic heterocycles. The molecule has 56 valence electrons. The molecule has 0 aliphatic carbocycles. The Morgan fingerprint density at radius 1 is 0.900 bits per heavy atom. The van der Waals surface area contributed by atoms with Crippen molar-refractivity contribution in [1.29, 1.82) is 0 Å². The Morgan fingerprint density at radius 2 is 1.40 bits per heavy atom. The number of halogens is 3. The molecule has 0 saturated carbocycles. The molecule has 0 amide bonds. The van der Waals surface area contributed by atoms with Crippen LogP contribution in [0.2, 0.25) is 0 Å². The van der Waals surface area contributed by atoms with Gasteiger partial charge in [0, 0.05) is 0 Å². The van der Waals surface area contributed by atoms with E-state index in [9.17, 15) is 0 Å². The van der Waals surface area contributed by atoms with Crippen LogP contribution in [-0.4, -0.2) is 11.6 Å². The predicted octanol–water partition coefficient (Wildman–Crippen LogP) is 3.02. The zero-order chi connectivity index (χ0) is 7.61. The number of hydrogen-bond acceptors (Lipinski definition) is 0. The molecule has 1 aromatic rings. The van der Waals surface area contributed by atoms with Gasteiger partial charge in [0.2, 0.25) is 0 Å². The molecular formula is C6H5Br3Te. The van der Waals surface area contributed by atoms with E-state index in [4.69, 9.17) is 0 Å². The van der Waals surface area contributed by atoms with E-state index in [1.807, 2.05) is 18.2 Å². The maximum absolute atomic E-state index is 3.61. The van der Waals surface area contributed by atoms with Crippen LogP contribution in [0, 0.1) is 0 Å². The second-order valence-corrected chi connectivity index (χ2v) is 42.4. The van der Waals surface area contributed by atoms with Gasteiger partial charge in [-0.3, -0.25) is 0 Å². The molecule has 1 aromatic carbocycles. The van der Waals surface area contributed by atoms with Crippen LogP contribution in [0.25, 0.3) is 0 Å². The Balaban J connectivity index is 2.97. The first-order chi connectivity index (χ1) is 4.61. The Kier molecular flexibility index (Phi) is 3.73. The summed E-state index contributed by atoms with van der Waals surface area (Å²) in [6.45, 7) is 0. The Morgan fingerprint density at radius 3 is 1.70 bits per heavy atom. The third kappa shape index (κ3) is 2.83. The molecule has 0 fully saturated rings. The topological polar surface area (TPSA) is 0 Å². The van der Waals surface area contributed by atoms with Crippen molar-refractivity contribution in [3.05, 3.63) is 30.3 Å². The minimum atomic E-state index is -2.08. The van der Waals surface area contributed by atoms with Crippen molar-refractivity contribution in [2.24, 2.45) is 0 Å². The van der Waals surface area contributed by atoms with Gasteiger partial charge < -0.3 is 0 Å². The van der Waals surface area contributed by atoms with Crippen LogP contribution in [0.5, 0.6) is 0 Å². The SMILES string of the molecule is Br[Te](Br)(Br)c1ccccc1. The van der Waals surface area contributed by atoms with Gasteiger partial charge in [0.1, 0.15) is 0 Å². The monoisotopic (exact) mass is 444 g/mol. The fourth-order valence-corrected chi connectivity index (χ4v) is 6.25. The summed E-state index contributed by atoms with van der Waals surface area (Å²) in [5.41, 5.74) is 0. The average molecular weight is 444 g/mol. The third-order valence-electron chi connectivity index (χ3n) is 1.01. The number of hydrogen-bond donors (Lipinski definition) is 0. The molecule has 0 radical (unpaired) electrons. The maximum atomic E-state index is 3.61. The summed E-state index contributed by atoms with van der Waals surface area (Å²) >= 11 is 8.75. The van der Waals surface area contributed by atoms with Crippen LogP contribution < -0.4 is 3.61 Å². The fraction of sp³-hybridized carbons (Fsp3) is 0. The summed E-state index contributed by atoms with van der Waals surface area (Å²) in [5.74, 6) is 0. The van der Waals surface area contributed by atoms with Crippen molar-refractivity contribution in [2.75, 3.05) is 0 Å². The zero-order valence-electron chi connectivity index (χ0n) is 4.93. The van der Waals surface area contributed by atoms with Gasteiger partial charge in [-0.25, -0.2) is 0 Å². The van der Waals surface area contributed by atoms with Gasteiger partial charge >= 0.3 is 83.8 Å². The first kappa shape index (κ1) is 9.54. The molecule has 0 saturated heterocycles. The van der Waals surface area contributed by atoms with E-state index in [0.29, 0.717) is 0 Å². The molecule has 0 aromatic heterocycles. The molecule has 0 unspecified atom stereocenters. The van der Waals surface area contributed by atoms with Gasteiger partial charge in [0.25, 0.3) is 0 Å². The van der Waals surface area contributed by atoms with Crippen molar-refractivity contribution in [2.45, 2.75) is 0 Å². The molecule has 0 heterocycles. The van der Waals surface area contributed by atoms with E-state index in [-0.39, 0.29) is 0 Å². The summed E-state index contributed by atoms with van der Waals surface area (Å²) in [6.07, 6.45) is 0. The van der Waals surface area contributed by atoms with E-state index >= 15 is 0 Å². The third-order valence-corrected chi connectivity index (χ3v) is 10.8. The number of benzene rings is 1. The molecule has 0 aliphatic rings. The van der Waals surface area contributed by atoms with Gasteiger partial charge in [0.05, 0.1) is 0 Å². The summed E-state index contributed by atoms with van der Waals surface area (Å²) in [7, 11) is 0. The summed E-state index contributed by atoms with van der Waals surface area (Å²) in [4.78, 5) is 0. The fourth-order valence-electron chi connectivity index (χ4n) is 0.575. The molecule has 0 N–H and O–H groups in total. The molecule has 0 atom stereocenters. The van der Waals surface area contributed by atoms with Crippen LogP contribution in [-0.2, 0) is 0 Å². The predicted molar refractivity (Wildman–Crippen MR) is 58.6 cm³/mol.